The van der Waals surface area contributed by atoms with E-state index >= 15 is 0 Å². The summed E-state index contributed by atoms with van der Waals surface area (Å²) in [4.78, 5) is 13.9. The first kappa shape index (κ1) is 16.7. The maximum absolute atomic E-state index is 13.3. The average molecular weight is 310 g/mol. The second-order valence-electron chi connectivity index (χ2n) is 6.13. The number of nitrogens with zero attached hydrogens (tertiary/aromatic N) is 1. The first-order chi connectivity index (χ1) is 10.5. The van der Waals surface area contributed by atoms with Crippen molar-refractivity contribution in [2.75, 3.05) is 24.5 Å². The molecule has 1 amide bonds. The van der Waals surface area contributed by atoms with Crippen molar-refractivity contribution in [3.63, 3.8) is 0 Å². The van der Waals surface area contributed by atoms with Crippen molar-refractivity contribution in [2.45, 2.75) is 33.1 Å². The molecular weight excluding hydrogens is 286 g/mol. The van der Waals surface area contributed by atoms with E-state index in [9.17, 15) is 13.6 Å². The van der Waals surface area contributed by atoms with Gasteiger partial charge in [0.2, 0.25) is 5.91 Å². The second-order valence-corrected chi connectivity index (χ2v) is 6.13. The summed E-state index contributed by atoms with van der Waals surface area (Å²) in [6.45, 7) is 6.22. The zero-order valence-corrected chi connectivity index (χ0v) is 13.2. The molecule has 5 heteroatoms. The second kappa shape index (κ2) is 7.56. The maximum atomic E-state index is 13.3. The van der Waals surface area contributed by atoms with E-state index in [2.05, 4.69) is 12.2 Å². The first-order valence-electron chi connectivity index (χ1n) is 7.99. The fourth-order valence-electron chi connectivity index (χ4n) is 2.90. The van der Waals surface area contributed by atoms with E-state index < -0.39 is 11.6 Å². The van der Waals surface area contributed by atoms with Gasteiger partial charge in [0, 0.05) is 37.3 Å². The lowest BCUT2D eigenvalue weighted by Gasteiger charge is -2.19. The zero-order chi connectivity index (χ0) is 16.1. The van der Waals surface area contributed by atoms with Crippen LogP contribution in [-0.2, 0) is 4.79 Å². The molecule has 1 fully saturated rings. The minimum atomic E-state index is -0.823. The summed E-state index contributed by atoms with van der Waals surface area (Å²) in [7, 11) is 0. The highest BCUT2D eigenvalue weighted by atomic mass is 19.2. The molecule has 0 aromatic heterocycles. The lowest BCUT2D eigenvalue weighted by molar-refractivity contribution is -0.124. The van der Waals surface area contributed by atoms with Gasteiger partial charge in [-0.15, -0.1) is 0 Å². The van der Waals surface area contributed by atoms with Gasteiger partial charge < -0.3 is 10.2 Å². The van der Waals surface area contributed by atoms with Crippen LogP contribution in [0, 0.1) is 23.5 Å². The van der Waals surface area contributed by atoms with Crippen LogP contribution in [0.3, 0.4) is 0 Å². The van der Waals surface area contributed by atoms with Crippen molar-refractivity contribution in [1.29, 1.82) is 0 Å². The lowest BCUT2D eigenvalue weighted by Crippen LogP contribution is -2.34. The van der Waals surface area contributed by atoms with E-state index in [-0.39, 0.29) is 11.8 Å². The third kappa shape index (κ3) is 4.18. The smallest absolute Gasteiger partial charge is 0.222 e. The molecule has 1 saturated heterocycles. The van der Waals surface area contributed by atoms with Gasteiger partial charge in [0.1, 0.15) is 0 Å². The van der Waals surface area contributed by atoms with Crippen LogP contribution in [-0.4, -0.2) is 25.5 Å². The predicted molar refractivity (Wildman–Crippen MR) is 83.8 cm³/mol. The number of nitrogens with one attached hydrogen (secondary N) is 1. The largest absolute Gasteiger partial charge is 0.371 e. The molecule has 1 N–H and O–H groups in total. The molecule has 0 saturated carbocycles. The molecule has 1 aromatic rings. The Morgan fingerprint density at radius 2 is 2.18 bits per heavy atom. The number of rotatable bonds is 6. The zero-order valence-electron chi connectivity index (χ0n) is 13.2. The van der Waals surface area contributed by atoms with Crippen LogP contribution in [0.2, 0.25) is 0 Å². The van der Waals surface area contributed by atoms with Gasteiger partial charge in [-0.3, -0.25) is 4.79 Å². The molecule has 0 aliphatic carbocycles. The van der Waals surface area contributed by atoms with Gasteiger partial charge in [-0.25, -0.2) is 8.78 Å². The molecule has 2 rings (SSSR count). The van der Waals surface area contributed by atoms with Gasteiger partial charge in [-0.2, -0.15) is 0 Å². The van der Waals surface area contributed by atoms with E-state index in [4.69, 9.17) is 0 Å². The van der Waals surface area contributed by atoms with Crippen LogP contribution in [0.4, 0.5) is 14.5 Å². The molecule has 1 aliphatic heterocycles. The summed E-state index contributed by atoms with van der Waals surface area (Å²) in [5.74, 6) is -1.13. The Morgan fingerprint density at radius 1 is 1.41 bits per heavy atom. The highest BCUT2D eigenvalue weighted by Crippen LogP contribution is 2.25. The number of carbonyl (C=O) groups is 1. The van der Waals surface area contributed by atoms with Crippen molar-refractivity contribution < 1.29 is 13.6 Å². The van der Waals surface area contributed by atoms with E-state index in [1.54, 1.807) is 6.07 Å². The molecule has 0 spiro atoms. The monoisotopic (exact) mass is 310 g/mol. The average Bonchev–Trinajstić information content (AvgIpc) is 2.96. The topological polar surface area (TPSA) is 32.3 Å². The third-order valence-electron chi connectivity index (χ3n) is 4.29. The Hall–Kier alpha value is -1.65. The number of benzene rings is 1. The van der Waals surface area contributed by atoms with Crippen molar-refractivity contribution in [2.24, 2.45) is 11.8 Å². The normalized spacial score (nSPS) is 19.3. The molecule has 0 unspecified atom stereocenters. The number of amides is 1. The summed E-state index contributed by atoms with van der Waals surface area (Å²) < 4.78 is 26.3. The van der Waals surface area contributed by atoms with Gasteiger partial charge in [-0.05, 0) is 30.9 Å². The fraction of sp³-hybridized carbons (Fsp3) is 0.588. The van der Waals surface area contributed by atoms with Crippen LogP contribution in [0.5, 0.6) is 0 Å². The van der Waals surface area contributed by atoms with E-state index in [0.29, 0.717) is 18.2 Å². The van der Waals surface area contributed by atoms with Gasteiger partial charge in [0.25, 0.3) is 0 Å². The summed E-state index contributed by atoms with van der Waals surface area (Å²) in [5, 5.41) is 3.00. The van der Waals surface area contributed by atoms with Crippen molar-refractivity contribution >= 4 is 11.6 Å². The molecule has 1 aliphatic rings. The highest BCUT2D eigenvalue weighted by molar-refractivity contribution is 5.78. The highest BCUT2D eigenvalue weighted by Gasteiger charge is 2.24. The molecule has 1 heterocycles. The van der Waals surface area contributed by atoms with Crippen LogP contribution < -0.4 is 10.2 Å². The Labute approximate surface area is 130 Å². The summed E-state index contributed by atoms with van der Waals surface area (Å²) in [6, 6.07) is 3.99. The van der Waals surface area contributed by atoms with Crippen LogP contribution in [0.1, 0.15) is 33.1 Å². The number of anilines is 1. The van der Waals surface area contributed by atoms with Crippen LogP contribution in [0.15, 0.2) is 18.2 Å². The van der Waals surface area contributed by atoms with E-state index in [1.807, 2.05) is 11.8 Å². The number of hydrogen-bond donors (Lipinski definition) is 1. The van der Waals surface area contributed by atoms with Crippen molar-refractivity contribution in [1.82, 2.24) is 5.32 Å². The maximum Gasteiger partial charge on any atom is 0.222 e. The van der Waals surface area contributed by atoms with E-state index in [0.717, 1.165) is 38.4 Å². The summed E-state index contributed by atoms with van der Waals surface area (Å²) in [5.41, 5.74) is 0.701. The number of carbonyl (C=O) groups excluding carboxylic acids is 1. The molecule has 0 radical (unpaired) electrons. The quantitative estimate of drug-likeness (QED) is 0.874. The predicted octanol–water partition coefficient (Wildman–Crippen LogP) is 3.34. The standard InChI is InChI=1S/C17H24F2N2O/c1-3-4-12(2)17(22)20-10-13-7-8-21(11-13)14-5-6-15(18)16(19)9-14/h5-6,9,12-13H,3-4,7-8,10-11H2,1-2H3,(H,20,22)/t12-,13-/m1/s1. The third-order valence-corrected chi connectivity index (χ3v) is 4.29. The Balaban J connectivity index is 1.82. The SMILES string of the molecule is CCC[C@@H](C)C(=O)NC[C@H]1CCN(c2ccc(F)c(F)c2)C1. The van der Waals surface area contributed by atoms with Crippen LogP contribution >= 0.6 is 0 Å². The molecule has 3 nitrogen and oxygen atoms in total. The fourth-order valence-corrected chi connectivity index (χ4v) is 2.90. The van der Waals surface area contributed by atoms with Gasteiger partial charge >= 0.3 is 0 Å². The van der Waals surface area contributed by atoms with Gasteiger partial charge in [0.15, 0.2) is 11.6 Å². The van der Waals surface area contributed by atoms with Crippen molar-refractivity contribution in [3.8, 4) is 0 Å². The molecule has 122 valence electrons. The number of hydrogen-bond acceptors (Lipinski definition) is 2. The Morgan fingerprint density at radius 3 is 2.86 bits per heavy atom. The molecule has 0 bridgehead atoms. The first-order valence-corrected chi connectivity index (χ1v) is 7.99. The summed E-state index contributed by atoms with van der Waals surface area (Å²) in [6.07, 6.45) is 2.85. The van der Waals surface area contributed by atoms with E-state index in [1.165, 1.54) is 6.07 Å². The minimum absolute atomic E-state index is 0.0497. The van der Waals surface area contributed by atoms with Crippen LogP contribution in [0.25, 0.3) is 0 Å². The molecular formula is C17H24F2N2O. The minimum Gasteiger partial charge on any atom is -0.371 e. The van der Waals surface area contributed by atoms with Gasteiger partial charge in [0.05, 0.1) is 0 Å². The Kier molecular flexibility index (Phi) is 5.75. The molecule has 22 heavy (non-hydrogen) atoms. The number of halogens is 2. The Bertz CT molecular complexity index is 521. The molecule has 2 atom stereocenters. The molecule has 1 aromatic carbocycles. The lowest BCUT2D eigenvalue weighted by atomic mass is 10.0. The summed E-state index contributed by atoms with van der Waals surface area (Å²) >= 11 is 0. The van der Waals surface area contributed by atoms with Crippen molar-refractivity contribution in [3.05, 3.63) is 29.8 Å². The van der Waals surface area contributed by atoms with Gasteiger partial charge in [-0.1, -0.05) is 20.3 Å².